The highest BCUT2D eigenvalue weighted by atomic mass is 16.5. The summed E-state index contributed by atoms with van der Waals surface area (Å²) in [7, 11) is 1.65. The van der Waals surface area contributed by atoms with Gasteiger partial charge in [-0.3, -0.25) is 0 Å². The van der Waals surface area contributed by atoms with Crippen molar-refractivity contribution in [2.24, 2.45) is 5.73 Å². The van der Waals surface area contributed by atoms with Crippen LogP contribution in [0.5, 0.6) is 0 Å². The maximum absolute atomic E-state index is 5.89. The van der Waals surface area contributed by atoms with Crippen molar-refractivity contribution in [2.45, 2.75) is 51.7 Å². The molecule has 5 heteroatoms. The Kier molecular flexibility index (Phi) is 4.44. The number of nitrogens with two attached hydrogens (primary N) is 1. The van der Waals surface area contributed by atoms with Gasteiger partial charge in [-0.1, -0.05) is 12.1 Å². The Hall–Kier alpha value is -0.940. The van der Waals surface area contributed by atoms with E-state index < -0.39 is 0 Å². The molecule has 0 fully saturated rings. The van der Waals surface area contributed by atoms with Crippen LogP contribution in [0.1, 0.15) is 51.4 Å². The molecule has 0 saturated heterocycles. The quantitative estimate of drug-likeness (QED) is 0.802. The number of hydrogen-bond donors (Lipinski definition) is 1. The van der Waals surface area contributed by atoms with E-state index in [1.807, 2.05) is 20.8 Å². The van der Waals surface area contributed by atoms with E-state index >= 15 is 0 Å². The molecule has 0 aliphatic carbocycles. The van der Waals surface area contributed by atoms with Gasteiger partial charge in [-0.2, -0.15) is 4.98 Å². The van der Waals surface area contributed by atoms with Gasteiger partial charge in [0.2, 0.25) is 11.7 Å². The Bertz CT molecular complexity index is 313. The lowest BCUT2D eigenvalue weighted by Crippen LogP contribution is -2.32. The Morgan fingerprint density at radius 3 is 2.69 bits per heavy atom. The number of methoxy groups -OCH3 is 1. The summed E-state index contributed by atoms with van der Waals surface area (Å²) >= 11 is 0. The third kappa shape index (κ3) is 3.90. The van der Waals surface area contributed by atoms with Crippen LogP contribution in [0, 0.1) is 0 Å². The van der Waals surface area contributed by atoms with Crippen molar-refractivity contribution >= 4 is 0 Å². The normalized spacial score (nSPS) is 14.1. The molecule has 1 heterocycles. The second kappa shape index (κ2) is 5.41. The fraction of sp³-hybridized carbons (Fsp3) is 0.818. The number of hydrogen-bond acceptors (Lipinski definition) is 5. The molecule has 1 aromatic heterocycles. The molecule has 1 unspecified atom stereocenters. The summed E-state index contributed by atoms with van der Waals surface area (Å²) in [6.07, 6.45) is 2.27. The van der Waals surface area contributed by atoms with Gasteiger partial charge in [0, 0.05) is 19.1 Å². The summed E-state index contributed by atoms with van der Waals surface area (Å²) in [5, 5.41) is 3.91. The molecule has 0 aromatic carbocycles. The van der Waals surface area contributed by atoms with E-state index in [4.69, 9.17) is 15.0 Å². The van der Waals surface area contributed by atoms with E-state index in [1.54, 1.807) is 7.11 Å². The minimum absolute atomic E-state index is 0.0802. The van der Waals surface area contributed by atoms with Crippen LogP contribution in [0.3, 0.4) is 0 Å². The van der Waals surface area contributed by atoms with Crippen molar-refractivity contribution in [3.8, 4) is 0 Å². The predicted octanol–water partition coefficient (Wildman–Crippen LogP) is 1.84. The molecule has 1 rings (SSSR count). The maximum atomic E-state index is 5.89. The van der Waals surface area contributed by atoms with E-state index in [0.717, 1.165) is 12.8 Å². The SMILES string of the molecule is CCC(OC)c1noc(CCC(C)(C)N)n1. The molecule has 1 aromatic rings. The fourth-order valence-electron chi connectivity index (χ4n) is 1.38. The molecule has 0 radical (unpaired) electrons. The maximum Gasteiger partial charge on any atom is 0.226 e. The first-order valence-corrected chi connectivity index (χ1v) is 5.60. The van der Waals surface area contributed by atoms with Crippen LogP contribution in [-0.4, -0.2) is 22.8 Å². The van der Waals surface area contributed by atoms with Crippen molar-refractivity contribution in [3.05, 3.63) is 11.7 Å². The Morgan fingerprint density at radius 1 is 1.50 bits per heavy atom. The first kappa shape index (κ1) is 13.1. The van der Waals surface area contributed by atoms with Crippen molar-refractivity contribution in [1.29, 1.82) is 0 Å². The zero-order chi connectivity index (χ0) is 12.2. The van der Waals surface area contributed by atoms with Crippen molar-refractivity contribution < 1.29 is 9.26 Å². The highest BCUT2D eigenvalue weighted by Gasteiger charge is 2.17. The molecule has 0 spiro atoms. The molecule has 5 nitrogen and oxygen atoms in total. The van der Waals surface area contributed by atoms with Crippen molar-refractivity contribution in [1.82, 2.24) is 10.1 Å². The summed E-state index contributed by atoms with van der Waals surface area (Å²) in [4.78, 5) is 4.30. The highest BCUT2D eigenvalue weighted by Crippen LogP contribution is 2.17. The van der Waals surface area contributed by atoms with Gasteiger partial charge in [0.05, 0.1) is 0 Å². The number of nitrogens with zero attached hydrogens (tertiary/aromatic N) is 2. The topological polar surface area (TPSA) is 74.2 Å². The average molecular weight is 227 g/mol. The van der Waals surface area contributed by atoms with Crippen LogP contribution in [-0.2, 0) is 11.2 Å². The molecule has 16 heavy (non-hydrogen) atoms. The fourth-order valence-corrected chi connectivity index (χ4v) is 1.38. The van der Waals surface area contributed by atoms with Gasteiger partial charge in [-0.15, -0.1) is 0 Å². The number of ether oxygens (including phenoxy) is 1. The largest absolute Gasteiger partial charge is 0.373 e. The summed E-state index contributed by atoms with van der Waals surface area (Å²) in [6, 6.07) is 0. The number of aryl methyl sites for hydroxylation is 1. The molecule has 0 aliphatic rings. The molecule has 0 amide bonds. The van der Waals surface area contributed by atoms with Gasteiger partial charge < -0.3 is 15.0 Å². The first-order valence-electron chi connectivity index (χ1n) is 5.60. The lowest BCUT2D eigenvalue weighted by Gasteiger charge is -2.16. The van der Waals surface area contributed by atoms with Crippen LogP contribution in [0.15, 0.2) is 4.52 Å². The third-order valence-corrected chi connectivity index (χ3v) is 2.41. The second-order valence-electron chi connectivity index (χ2n) is 4.67. The van der Waals surface area contributed by atoms with E-state index in [-0.39, 0.29) is 11.6 Å². The van der Waals surface area contributed by atoms with Gasteiger partial charge in [-0.05, 0) is 26.7 Å². The van der Waals surface area contributed by atoms with Crippen LogP contribution in [0.2, 0.25) is 0 Å². The minimum atomic E-state index is -0.208. The summed E-state index contributed by atoms with van der Waals surface area (Å²) < 4.78 is 10.4. The molecule has 0 saturated carbocycles. The van der Waals surface area contributed by atoms with E-state index in [2.05, 4.69) is 10.1 Å². The smallest absolute Gasteiger partial charge is 0.226 e. The predicted molar refractivity (Wildman–Crippen MR) is 60.9 cm³/mol. The monoisotopic (exact) mass is 227 g/mol. The van der Waals surface area contributed by atoms with Gasteiger partial charge in [0.25, 0.3) is 0 Å². The minimum Gasteiger partial charge on any atom is -0.373 e. The van der Waals surface area contributed by atoms with E-state index in [1.165, 1.54) is 0 Å². The van der Waals surface area contributed by atoms with E-state index in [0.29, 0.717) is 18.1 Å². The zero-order valence-electron chi connectivity index (χ0n) is 10.5. The number of rotatable bonds is 6. The standard InChI is InChI=1S/C11H21N3O2/c1-5-8(15-4)10-13-9(16-14-10)6-7-11(2,3)12/h8H,5-7,12H2,1-4H3. The van der Waals surface area contributed by atoms with Crippen LogP contribution in [0.4, 0.5) is 0 Å². The van der Waals surface area contributed by atoms with Crippen LogP contribution >= 0.6 is 0 Å². The summed E-state index contributed by atoms with van der Waals surface area (Å²) in [5.74, 6) is 1.25. The van der Waals surface area contributed by atoms with Gasteiger partial charge in [0.1, 0.15) is 6.10 Å². The van der Waals surface area contributed by atoms with Gasteiger partial charge >= 0.3 is 0 Å². The van der Waals surface area contributed by atoms with E-state index in [9.17, 15) is 0 Å². The molecular formula is C11H21N3O2. The summed E-state index contributed by atoms with van der Waals surface area (Å²) in [5.41, 5.74) is 5.68. The van der Waals surface area contributed by atoms with Crippen LogP contribution < -0.4 is 5.73 Å². The molecule has 92 valence electrons. The molecule has 0 aliphatic heterocycles. The first-order chi connectivity index (χ1) is 7.46. The molecule has 0 bridgehead atoms. The Labute approximate surface area is 96.4 Å². The lowest BCUT2D eigenvalue weighted by molar-refractivity contribution is 0.0903. The lowest BCUT2D eigenvalue weighted by atomic mass is 10.0. The average Bonchev–Trinajstić information content (AvgIpc) is 2.65. The molecular weight excluding hydrogens is 206 g/mol. The Morgan fingerprint density at radius 2 is 2.19 bits per heavy atom. The van der Waals surface area contributed by atoms with Gasteiger partial charge in [0.15, 0.2) is 0 Å². The van der Waals surface area contributed by atoms with Crippen molar-refractivity contribution in [3.63, 3.8) is 0 Å². The van der Waals surface area contributed by atoms with Crippen molar-refractivity contribution in [2.75, 3.05) is 7.11 Å². The number of aromatic nitrogens is 2. The van der Waals surface area contributed by atoms with Crippen LogP contribution in [0.25, 0.3) is 0 Å². The zero-order valence-corrected chi connectivity index (χ0v) is 10.5. The Balaban J connectivity index is 2.58. The second-order valence-corrected chi connectivity index (χ2v) is 4.67. The highest BCUT2D eigenvalue weighted by molar-refractivity contribution is 4.92. The molecule has 1 atom stereocenters. The summed E-state index contributed by atoms with van der Waals surface area (Å²) in [6.45, 7) is 5.98. The third-order valence-electron chi connectivity index (χ3n) is 2.41. The van der Waals surface area contributed by atoms with Gasteiger partial charge in [-0.25, -0.2) is 0 Å². The molecule has 2 N–H and O–H groups in total.